The number of hydrogen-bond acceptors (Lipinski definition) is 0. The summed E-state index contributed by atoms with van der Waals surface area (Å²) in [6.07, 6.45) is 3.08. The van der Waals surface area contributed by atoms with Gasteiger partial charge in [-0.1, -0.05) is 12.7 Å². The summed E-state index contributed by atoms with van der Waals surface area (Å²) in [4.78, 5) is 0. The second-order valence-corrected chi connectivity index (χ2v) is 2.70. The Labute approximate surface area is 63.7 Å². The first kappa shape index (κ1) is 9.58. The largest absolute Gasteiger partial charge is 0.207 e. The lowest BCUT2D eigenvalue weighted by Gasteiger charge is -1.97. The van der Waals surface area contributed by atoms with Crippen molar-refractivity contribution in [3.05, 3.63) is 35.4 Å². The summed E-state index contributed by atoms with van der Waals surface area (Å²) in [6, 6.07) is 0. The highest BCUT2D eigenvalue weighted by Gasteiger charge is 1.96. The second-order valence-electron chi connectivity index (χ2n) is 2.00. The molecule has 0 aromatic heterocycles. The van der Waals surface area contributed by atoms with Crippen LogP contribution in [0.3, 0.4) is 0 Å². The van der Waals surface area contributed by atoms with Crippen LogP contribution in [0, 0.1) is 0 Å². The fourth-order valence-corrected chi connectivity index (χ4v) is 0.563. The lowest BCUT2D eigenvalue weighted by molar-refractivity contribution is 0.657. The number of rotatable bonds is 2. The Kier molecular flexibility index (Phi) is 4.22. The second kappa shape index (κ2) is 4.40. The molecule has 0 aromatic rings. The van der Waals surface area contributed by atoms with Crippen LogP contribution in [0.1, 0.15) is 13.8 Å². The topological polar surface area (TPSA) is 0 Å². The highest BCUT2D eigenvalue weighted by atomic mass is 31.0. The van der Waals surface area contributed by atoms with E-state index < -0.39 is 0 Å². The average molecular weight is 158 g/mol. The van der Waals surface area contributed by atoms with Gasteiger partial charge in [-0.25, -0.2) is 4.39 Å². The van der Waals surface area contributed by atoms with Gasteiger partial charge in [0.1, 0.15) is 5.83 Å². The van der Waals surface area contributed by atoms with Crippen molar-refractivity contribution in [1.29, 1.82) is 0 Å². The SMILES string of the molecule is C=C(P)/C(C)=C(F)\C=C/C. The van der Waals surface area contributed by atoms with Crippen LogP contribution in [0.15, 0.2) is 35.4 Å². The minimum atomic E-state index is -0.220. The zero-order chi connectivity index (χ0) is 8.15. The average Bonchev–Trinajstić information content (AvgIpc) is 1.87. The summed E-state index contributed by atoms with van der Waals surface area (Å²) in [7, 11) is 2.37. The van der Waals surface area contributed by atoms with Gasteiger partial charge in [-0.2, -0.15) is 0 Å². The fraction of sp³-hybridized carbons (Fsp3) is 0.250. The molecular weight excluding hydrogens is 146 g/mol. The number of hydrogen-bond donors (Lipinski definition) is 0. The zero-order valence-corrected chi connectivity index (χ0v) is 7.47. The molecule has 2 heteroatoms. The summed E-state index contributed by atoms with van der Waals surface area (Å²) in [5.41, 5.74) is 0.586. The summed E-state index contributed by atoms with van der Waals surface area (Å²) in [5.74, 6) is -0.220. The molecule has 0 fully saturated rings. The molecule has 0 spiro atoms. The van der Waals surface area contributed by atoms with E-state index in [-0.39, 0.29) is 5.83 Å². The molecule has 0 aliphatic heterocycles. The van der Waals surface area contributed by atoms with Gasteiger partial charge < -0.3 is 0 Å². The Morgan fingerprint density at radius 1 is 1.60 bits per heavy atom. The molecule has 0 saturated carbocycles. The van der Waals surface area contributed by atoms with Crippen molar-refractivity contribution in [1.82, 2.24) is 0 Å². The monoisotopic (exact) mass is 158 g/mol. The van der Waals surface area contributed by atoms with Crippen molar-refractivity contribution >= 4 is 9.24 Å². The third-order valence-electron chi connectivity index (χ3n) is 1.15. The molecule has 0 amide bonds. The van der Waals surface area contributed by atoms with Gasteiger partial charge in [0.05, 0.1) is 0 Å². The van der Waals surface area contributed by atoms with E-state index in [9.17, 15) is 4.39 Å². The molecule has 10 heavy (non-hydrogen) atoms. The van der Waals surface area contributed by atoms with Gasteiger partial charge in [-0.05, 0) is 30.8 Å². The van der Waals surface area contributed by atoms with Crippen molar-refractivity contribution in [2.45, 2.75) is 13.8 Å². The van der Waals surface area contributed by atoms with Crippen LogP contribution in [-0.2, 0) is 0 Å². The van der Waals surface area contributed by atoms with Crippen LogP contribution in [0.4, 0.5) is 4.39 Å². The molecule has 0 aromatic carbocycles. The molecule has 0 aliphatic carbocycles. The summed E-state index contributed by atoms with van der Waals surface area (Å²) < 4.78 is 12.8. The van der Waals surface area contributed by atoms with E-state index in [4.69, 9.17) is 0 Å². The smallest absolute Gasteiger partial charge is 0.126 e. The van der Waals surface area contributed by atoms with Crippen molar-refractivity contribution in [3.8, 4) is 0 Å². The Morgan fingerprint density at radius 2 is 2.10 bits per heavy atom. The van der Waals surface area contributed by atoms with Crippen LogP contribution in [0.5, 0.6) is 0 Å². The van der Waals surface area contributed by atoms with Crippen LogP contribution in [-0.4, -0.2) is 0 Å². The molecule has 0 aliphatic rings. The van der Waals surface area contributed by atoms with Gasteiger partial charge in [0.2, 0.25) is 0 Å². The normalized spacial score (nSPS) is 13.6. The number of halogens is 1. The molecule has 0 heterocycles. The van der Waals surface area contributed by atoms with E-state index in [2.05, 4.69) is 15.8 Å². The maximum atomic E-state index is 12.8. The maximum Gasteiger partial charge on any atom is 0.126 e. The molecule has 0 radical (unpaired) electrons. The van der Waals surface area contributed by atoms with E-state index in [1.807, 2.05) is 0 Å². The molecule has 0 rings (SSSR count). The van der Waals surface area contributed by atoms with Crippen molar-refractivity contribution in [3.63, 3.8) is 0 Å². The molecule has 56 valence electrons. The lowest BCUT2D eigenvalue weighted by Crippen LogP contribution is -1.76. The minimum Gasteiger partial charge on any atom is -0.207 e. The van der Waals surface area contributed by atoms with E-state index in [0.717, 1.165) is 0 Å². The van der Waals surface area contributed by atoms with E-state index in [1.165, 1.54) is 6.08 Å². The Morgan fingerprint density at radius 3 is 2.40 bits per heavy atom. The number of allylic oxidation sites excluding steroid dienone is 5. The van der Waals surface area contributed by atoms with Crippen LogP contribution < -0.4 is 0 Å². The van der Waals surface area contributed by atoms with Crippen LogP contribution in [0.25, 0.3) is 0 Å². The molecule has 1 unspecified atom stereocenters. The highest BCUT2D eigenvalue weighted by molar-refractivity contribution is 7.23. The third-order valence-corrected chi connectivity index (χ3v) is 1.59. The van der Waals surface area contributed by atoms with Gasteiger partial charge in [0, 0.05) is 0 Å². The molecule has 0 nitrogen and oxygen atoms in total. The van der Waals surface area contributed by atoms with Gasteiger partial charge >= 0.3 is 0 Å². The first-order chi connectivity index (χ1) is 4.59. The van der Waals surface area contributed by atoms with Gasteiger partial charge in [0.25, 0.3) is 0 Å². The minimum absolute atomic E-state index is 0.220. The predicted octanol–water partition coefficient (Wildman–Crippen LogP) is 3.19. The maximum absolute atomic E-state index is 12.8. The van der Waals surface area contributed by atoms with Gasteiger partial charge in [-0.3, -0.25) is 0 Å². The summed E-state index contributed by atoms with van der Waals surface area (Å²) in [5, 5.41) is 0.690. The Bertz CT molecular complexity index is 189. The van der Waals surface area contributed by atoms with Gasteiger partial charge in [0.15, 0.2) is 0 Å². The molecular formula is C8H12FP. The molecule has 1 atom stereocenters. The van der Waals surface area contributed by atoms with E-state index in [1.54, 1.807) is 19.9 Å². The van der Waals surface area contributed by atoms with Gasteiger partial charge in [-0.15, -0.1) is 9.24 Å². The standard InChI is InChI=1S/C8H12FP/c1-4-5-8(9)6(2)7(3)10/h4-5H,3,10H2,1-2H3/b5-4-,8-6+. The van der Waals surface area contributed by atoms with Crippen molar-refractivity contribution in [2.24, 2.45) is 0 Å². The van der Waals surface area contributed by atoms with Crippen molar-refractivity contribution in [2.75, 3.05) is 0 Å². The van der Waals surface area contributed by atoms with Crippen LogP contribution in [0.2, 0.25) is 0 Å². The molecule has 0 N–H and O–H groups in total. The predicted molar refractivity (Wildman–Crippen MR) is 47.5 cm³/mol. The van der Waals surface area contributed by atoms with E-state index >= 15 is 0 Å². The summed E-state index contributed by atoms with van der Waals surface area (Å²) in [6.45, 7) is 7.06. The Hall–Kier alpha value is -0.420. The molecule has 0 bridgehead atoms. The van der Waals surface area contributed by atoms with Crippen molar-refractivity contribution < 1.29 is 4.39 Å². The quantitative estimate of drug-likeness (QED) is 0.427. The first-order valence-electron chi connectivity index (χ1n) is 3.03. The zero-order valence-electron chi connectivity index (χ0n) is 6.32. The molecule has 0 saturated heterocycles. The summed E-state index contributed by atoms with van der Waals surface area (Å²) >= 11 is 0. The van der Waals surface area contributed by atoms with Crippen LogP contribution >= 0.6 is 9.24 Å². The fourth-order valence-electron chi connectivity index (χ4n) is 0.425. The highest BCUT2D eigenvalue weighted by Crippen LogP contribution is 2.19. The Balaban J connectivity index is 4.50. The third kappa shape index (κ3) is 2.93. The first-order valence-corrected chi connectivity index (χ1v) is 3.61. The lowest BCUT2D eigenvalue weighted by atomic mass is 10.2. The van der Waals surface area contributed by atoms with E-state index in [0.29, 0.717) is 10.9 Å².